The molecule has 0 radical (unpaired) electrons. The second kappa shape index (κ2) is 13.9. The van der Waals surface area contributed by atoms with Crippen molar-refractivity contribution in [3.63, 3.8) is 0 Å². The molecular weight excluding hydrogens is 637 g/mol. The number of benzene rings is 3. The zero-order chi connectivity index (χ0) is 36.6. The molecule has 1 aliphatic rings. The van der Waals surface area contributed by atoms with Crippen LogP contribution in [-0.2, 0) is 30.0 Å². The highest BCUT2D eigenvalue weighted by molar-refractivity contribution is 5.91. The van der Waals surface area contributed by atoms with Crippen LogP contribution in [0.15, 0.2) is 77.2 Å². The van der Waals surface area contributed by atoms with Crippen molar-refractivity contribution in [1.82, 2.24) is 9.80 Å². The third-order valence-corrected chi connectivity index (χ3v) is 9.87. The van der Waals surface area contributed by atoms with Crippen molar-refractivity contribution in [2.75, 3.05) is 27.2 Å². The lowest BCUT2D eigenvalue weighted by Gasteiger charge is -2.42. The first kappa shape index (κ1) is 37.2. The molecule has 0 aliphatic heterocycles. The number of alkyl halides is 3. The van der Waals surface area contributed by atoms with Gasteiger partial charge in [0.1, 0.15) is 17.3 Å². The van der Waals surface area contributed by atoms with E-state index in [0.717, 1.165) is 42.8 Å². The van der Waals surface area contributed by atoms with Crippen molar-refractivity contribution in [3.05, 3.63) is 118 Å². The first-order valence-corrected chi connectivity index (χ1v) is 17.3. The highest BCUT2D eigenvalue weighted by Gasteiger charge is 2.37. The fraction of sp³-hybridized carbons (Fsp3) is 0.452. The summed E-state index contributed by atoms with van der Waals surface area (Å²) in [5, 5.41) is 0. The lowest BCUT2D eigenvalue weighted by molar-refractivity contribution is -0.137. The highest BCUT2D eigenvalue weighted by atomic mass is 19.4. The molecule has 1 amide bonds. The Kier molecular flexibility index (Phi) is 10.4. The summed E-state index contributed by atoms with van der Waals surface area (Å²) in [7, 11) is 4.01. The average Bonchev–Trinajstić information content (AvgIpc) is 3.47. The largest absolute Gasteiger partial charge is 0.457 e. The maximum atomic E-state index is 14.2. The van der Waals surface area contributed by atoms with E-state index < -0.39 is 11.7 Å². The van der Waals surface area contributed by atoms with Gasteiger partial charge in [-0.1, -0.05) is 71.9 Å². The second-order valence-electron chi connectivity index (χ2n) is 16.4. The van der Waals surface area contributed by atoms with E-state index in [9.17, 15) is 18.0 Å². The van der Waals surface area contributed by atoms with Crippen molar-refractivity contribution < 1.29 is 27.1 Å². The molecule has 4 aromatic rings. The van der Waals surface area contributed by atoms with Crippen molar-refractivity contribution in [3.8, 4) is 11.5 Å². The molecule has 5 nitrogen and oxygen atoms in total. The molecule has 8 heteroatoms. The molecule has 0 spiro atoms. The SMILES string of the molecule is Cc1cc2c(cc1Cc1ccc(C(=O)N(Cc3cccc(Oc4cccc(C(F)(F)F)c4)c3)CC(C)(C)CN(C)C)o1)C(C)(C)CCC2(C)C. The van der Waals surface area contributed by atoms with Crippen LogP contribution in [0.3, 0.4) is 0 Å². The zero-order valence-electron chi connectivity index (χ0n) is 30.9. The topological polar surface area (TPSA) is 45.9 Å². The Morgan fingerprint density at radius 2 is 1.46 bits per heavy atom. The number of rotatable bonds is 11. The molecule has 268 valence electrons. The van der Waals surface area contributed by atoms with Gasteiger partial charge in [0.25, 0.3) is 5.91 Å². The van der Waals surface area contributed by atoms with Crippen LogP contribution in [-0.4, -0.2) is 42.9 Å². The first-order chi connectivity index (χ1) is 23.2. The molecule has 0 saturated carbocycles. The Morgan fingerprint density at radius 3 is 2.10 bits per heavy atom. The van der Waals surface area contributed by atoms with E-state index in [1.807, 2.05) is 26.2 Å². The number of carbonyl (C=O) groups is 1. The van der Waals surface area contributed by atoms with Gasteiger partial charge in [-0.05, 0) is 120 Å². The van der Waals surface area contributed by atoms with Gasteiger partial charge in [-0.15, -0.1) is 0 Å². The van der Waals surface area contributed by atoms with Gasteiger partial charge in [-0.2, -0.15) is 13.2 Å². The number of hydrogen-bond acceptors (Lipinski definition) is 4. The third kappa shape index (κ3) is 8.81. The summed E-state index contributed by atoms with van der Waals surface area (Å²) >= 11 is 0. The molecule has 0 unspecified atom stereocenters. The Morgan fingerprint density at radius 1 is 0.840 bits per heavy atom. The standard InChI is InChI=1S/C42H51F3N2O3/c1-28-20-35-36(41(6,7)19-18-40(35,4)5)23-30(28)22-34-16-17-37(50-34)38(48)47(27-39(2,3)26-46(8)9)25-29-12-10-14-32(21-29)49-33-15-11-13-31(24-33)42(43,44)45/h10-17,20-21,23-24H,18-19,22,25-27H2,1-9H3. The monoisotopic (exact) mass is 688 g/mol. The minimum Gasteiger partial charge on any atom is -0.457 e. The molecule has 0 atom stereocenters. The first-order valence-electron chi connectivity index (χ1n) is 17.3. The van der Waals surface area contributed by atoms with E-state index in [4.69, 9.17) is 9.15 Å². The van der Waals surface area contributed by atoms with E-state index in [0.29, 0.717) is 18.7 Å². The molecular formula is C42H51F3N2O3. The molecule has 0 N–H and O–H groups in total. The minimum absolute atomic E-state index is 0.0848. The van der Waals surface area contributed by atoms with Gasteiger partial charge in [-0.25, -0.2) is 0 Å². The smallest absolute Gasteiger partial charge is 0.416 e. The van der Waals surface area contributed by atoms with Crippen LogP contribution < -0.4 is 4.74 Å². The summed E-state index contributed by atoms with van der Waals surface area (Å²) in [6.07, 6.45) is -1.59. The number of nitrogens with zero attached hydrogens (tertiary/aromatic N) is 2. The number of hydrogen-bond donors (Lipinski definition) is 0. The number of furan rings is 1. The third-order valence-electron chi connectivity index (χ3n) is 9.87. The average molecular weight is 689 g/mol. The quantitative estimate of drug-likeness (QED) is 0.157. The summed E-state index contributed by atoms with van der Waals surface area (Å²) in [5.74, 6) is 1.25. The van der Waals surface area contributed by atoms with E-state index in [1.165, 1.54) is 34.4 Å². The van der Waals surface area contributed by atoms with Crippen LogP contribution >= 0.6 is 0 Å². The summed E-state index contributed by atoms with van der Waals surface area (Å²) in [5.41, 5.74) is 5.21. The molecule has 0 bridgehead atoms. The van der Waals surface area contributed by atoms with Gasteiger partial charge in [-0.3, -0.25) is 4.79 Å². The summed E-state index contributed by atoms with van der Waals surface area (Å²) in [4.78, 5) is 18.1. The number of amides is 1. The van der Waals surface area contributed by atoms with Crippen molar-refractivity contribution in [2.24, 2.45) is 5.41 Å². The zero-order valence-corrected chi connectivity index (χ0v) is 30.9. The van der Waals surface area contributed by atoms with Crippen molar-refractivity contribution in [1.29, 1.82) is 0 Å². The fourth-order valence-electron chi connectivity index (χ4n) is 7.31. The lowest BCUT2D eigenvalue weighted by atomic mass is 9.62. The van der Waals surface area contributed by atoms with E-state index in [1.54, 1.807) is 29.2 Å². The Balaban J connectivity index is 1.39. The van der Waals surface area contributed by atoms with E-state index in [-0.39, 0.29) is 40.2 Å². The predicted molar refractivity (Wildman–Crippen MR) is 193 cm³/mol. The molecule has 1 aromatic heterocycles. The van der Waals surface area contributed by atoms with E-state index in [2.05, 4.69) is 65.5 Å². The number of fused-ring (bicyclic) bond motifs is 1. The van der Waals surface area contributed by atoms with Gasteiger partial charge in [0.15, 0.2) is 5.76 Å². The number of ether oxygens (including phenoxy) is 1. The summed E-state index contributed by atoms with van der Waals surface area (Å²) in [6.45, 7) is 17.2. The molecule has 0 saturated heterocycles. The van der Waals surface area contributed by atoms with Gasteiger partial charge < -0.3 is 19.0 Å². The van der Waals surface area contributed by atoms with Crippen LogP contribution in [0.5, 0.6) is 11.5 Å². The van der Waals surface area contributed by atoms with Gasteiger partial charge in [0, 0.05) is 26.1 Å². The Hall–Kier alpha value is -4.04. The molecule has 50 heavy (non-hydrogen) atoms. The normalized spacial score (nSPS) is 15.5. The molecule has 1 aliphatic carbocycles. The molecule has 0 fully saturated rings. The maximum Gasteiger partial charge on any atom is 0.416 e. The minimum atomic E-state index is -4.47. The van der Waals surface area contributed by atoms with Crippen LogP contribution in [0.4, 0.5) is 13.2 Å². The Labute approximate surface area is 295 Å². The maximum absolute atomic E-state index is 14.2. The second-order valence-corrected chi connectivity index (χ2v) is 16.4. The predicted octanol–water partition coefficient (Wildman–Crippen LogP) is 10.6. The Bertz CT molecular complexity index is 1830. The summed E-state index contributed by atoms with van der Waals surface area (Å²) < 4.78 is 52.0. The van der Waals surface area contributed by atoms with Crippen LogP contribution in [0, 0.1) is 12.3 Å². The number of halogens is 3. The molecule has 5 rings (SSSR count). The van der Waals surface area contributed by atoms with E-state index >= 15 is 0 Å². The van der Waals surface area contributed by atoms with Crippen molar-refractivity contribution >= 4 is 5.91 Å². The van der Waals surface area contributed by atoms with Gasteiger partial charge >= 0.3 is 6.18 Å². The van der Waals surface area contributed by atoms with Gasteiger partial charge in [0.2, 0.25) is 0 Å². The van der Waals surface area contributed by atoms with Crippen LogP contribution in [0.2, 0.25) is 0 Å². The number of carbonyl (C=O) groups excluding carboxylic acids is 1. The molecule has 3 aromatic carbocycles. The summed E-state index contributed by atoms with van der Waals surface area (Å²) in [6, 6.07) is 20.3. The lowest BCUT2D eigenvalue weighted by Crippen LogP contribution is -2.42. The highest BCUT2D eigenvalue weighted by Crippen LogP contribution is 2.46. The van der Waals surface area contributed by atoms with Crippen LogP contribution in [0.1, 0.15) is 104 Å². The number of aryl methyl sites for hydroxylation is 1. The van der Waals surface area contributed by atoms with Gasteiger partial charge in [0.05, 0.1) is 5.56 Å². The molecule has 1 heterocycles. The van der Waals surface area contributed by atoms with Crippen molar-refractivity contribution in [2.45, 2.75) is 91.3 Å². The fourth-order valence-corrected chi connectivity index (χ4v) is 7.31. The van der Waals surface area contributed by atoms with Crippen LogP contribution in [0.25, 0.3) is 0 Å².